The van der Waals surface area contributed by atoms with E-state index in [2.05, 4.69) is 16.0 Å². The minimum Gasteiger partial charge on any atom is -0.374 e. The van der Waals surface area contributed by atoms with Crippen molar-refractivity contribution in [3.63, 3.8) is 0 Å². The first kappa shape index (κ1) is 8.79. The predicted molar refractivity (Wildman–Crippen MR) is 40.1 cm³/mol. The number of carbonyl (C=O) groups is 2. The molecule has 0 aromatic carbocycles. The third-order valence-electron chi connectivity index (χ3n) is 1.62. The molecule has 1 fully saturated rings. The molecule has 1 rings (SSSR count). The molecule has 6 heteroatoms. The van der Waals surface area contributed by atoms with Crippen LogP contribution in [0, 0.1) is 0 Å². The maximum absolute atomic E-state index is 11.0. The Hall–Kier alpha value is -1.30. The van der Waals surface area contributed by atoms with E-state index in [0.29, 0.717) is 0 Å². The molecule has 1 aliphatic rings. The Morgan fingerprint density at radius 2 is 2.33 bits per heavy atom. The highest BCUT2D eigenvalue weighted by Gasteiger charge is 2.28. The van der Waals surface area contributed by atoms with Crippen LogP contribution >= 0.6 is 0 Å². The van der Waals surface area contributed by atoms with Gasteiger partial charge in [0, 0.05) is 13.5 Å². The quantitative estimate of drug-likeness (QED) is 0.374. The predicted octanol–water partition coefficient (Wildman–Crippen LogP) is -1.88. The van der Waals surface area contributed by atoms with Gasteiger partial charge in [0.15, 0.2) is 0 Å². The van der Waals surface area contributed by atoms with Crippen molar-refractivity contribution in [2.45, 2.75) is 18.7 Å². The minimum absolute atomic E-state index is 0.186. The summed E-state index contributed by atoms with van der Waals surface area (Å²) in [6, 6.07) is -1.17. The Balaban J connectivity index is 2.55. The summed E-state index contributed by atoms with van der Waals surface area (Å²) in [5.41, 5.74) is 0. The lowest BCUT2D eigenvalue weighted by molar-refractivity contribution is -0.123. The molecule has 4 N–H and O–H groups in total. The Kier molecular flexibility index (Phi) is 2.49. The fourth-order valence-corrected chi connectivity index (χ4v) is 1.04. The van der Waals surface area contributed by atoms with Gasteiger partial charge in [0.2, 0.25) is 5.91 Å². The van der Waals surface area contributed by atoms with Gasteiger partial charge in [-0.2, -0.15) is 0 Å². The number of urea groups is 1. The van der Waals surface area contributed by atoms with Crippen molar-refractivity contribution in [1.82, 2.24) is 16.0 Å². The van der Waals surface area contributed by atoms with Gasteiger partial charge in [0.05, 0.1) is 0 Å². The van der Waals surface area contributed by atoms with Crippen LogP contribution in [-0.2, 0) is 4.79 Å². The molecule has 0 radical (unpaired) electrons. The standard InChI is InChI=1S/C6H11N3O3/c1-7-5(11)3-2-4(10)9-6(12)8-3/h3-4,10H,2H2,1H3,(H,7,11)(H2,8,9,12)/t3-,4?/m0/s1. The molecule has 6 nitrogen and oxygen atoms in total. The number of hydrogen-bond donors (Lipinski definition) is 4. The van der Waals surface area contributed by atoms with E-state index in [-0.39, 0.29) is 12.3 Å². The highest BCUT2D eigenvalue weighted by molar-refractivity contribution is 5.87. The number of aliphatic hydroxyl groups is 1. The zero-order valence-corrected chi connectivity index (χ0v) is 6.63. The summed E-state index contributed by atoms with van der Waals surface area (Å²) in [7, 11) is 1.48. The fourth-order valence-electron chi connectivity index (χ4n) is 1.04. The largest absolute Gasteiger partial charge is 0.374 e. The molecule has 1 unspecified atom stereocenters. The number of carbonyl (C=O) groups excluding carboxylic acids is 2. The summed E-state index contributed by atoms with van der Waals surface area (Å²) < 4.78 is 0. The van der Waals surface area contributed by atoms with Crippen LogP contribution in [0.15, 0.2) is 0 Å². The lowest BCUT2D eigenvalue weighted by Gasteiger charge is -2.26. The van der Waals surface area contributed by atoms with Crippen molar-refractivity contribution in [3.8, 4) is 0 Å². The molecule has 1 saturated heterocycles. The molecule has 0 aromatic rings. The second-order valence-corrected chi connectivity index (χ2v) is 2.54. The van der Waals surface area contributed by atoms with Gasteiger partial charge < -0.3 is 21.1 Å². The second kappa shape index (κ2) is 3.40. The van der Waals surface area contributed by atoms with Crippen molar-refractivity contribution >= 4 is 11.9 Å². The van der Waals surface area contributed by atoms with E-state index in [1.165, 1.54) is 7.05 Å². The Bertz CT molecular complexity index is 206. The van der Waals surface area contributed by atoms with Crippen molar-refractivity contribution in [1.29, 1.82) is 0 Å². The van der Waals surface area contributed by atoms with Gasteiger partial charge in [-0.3, -0.25) is 4.79 Å². The van der Waals surface area contributed by atoms with Crippen LogP contribution in [0.5, 0.6) is 0 Å². The molecule has 0 aliphatic carbocycles. The maximum atomic E-state index is 11.0. The van der Waals surface area contributed by atoms with E-state index in [4.69, 9.17) is 5.11 Å². The smallest absolute Gasteiger partial charge is 0.317 e. The van der Waals surface area contributed by atoms with Crippen LogP contribution < -0.4 is 16.0 Å². The number of rotatable bonds is 1. The number of likely N-dealkylation sites (N-methyl/N-ethyl adjacent to an activating group) is 1. The van der Waals surface area contributed by atoms with Gasteiger partial charge in [-0.15, -0.1) is 0 Å². The Labute approximate surface area is 69.3 Å². The zero-order valence-electron chi connectivity index (χ0n) is 6.63. The van der Waals surface area contributed by atoms with Crippen molar-refractivity contribution < 1.29 is 14.7 Å². The first-order valence-corrected chi connectivity index (χ1v) is 3.60. The third-order valence-corrected chi connectivity index (χ3v) is 1.62. The van der Waals surface area contributed by atoms with Crippen molar-refractivity contribution in [2.24, 2.45) is 0 Å². The summed E-state index contributed by atoms with van der Waals surface area (Å²) >= 11 is 0. The van der Waals surface area contributed by atoms with E-state index in [9.17, 15) is 9.59 Å². The summed E-state index contributed by atoms with van der Waals surface area (Å²) in [4.78, 5) is 21.7. The van der Waals surface area contributed by atoms with Gasteiger partial charge in [-0.05, 0) is 0 Å². The summed E-state index contributed by atoms with van der Waals surface area (Å²) in [5.74, 6) is -0.302. The Morgan fingerprint density at radius 3 is 2.83 bits per heavy atom. The molecule has 12 heavy (non-hydrogen) atoms. The van der Waals surface area contributed by atoms with E-state index in [0.717, 1.165) is 0 Å². The number of hydrogen-bond acceptors (Lipinski definition) is 3. The van der Waals surface area contributed by atoms with Crippen LogP contribution in [0.1, 0.15) is 6.42 Å². The summed E-state index contributed by atoms with van der Waals surface area (Å²) in [6.45, 7) is 0. The molecule has 3 amide bonds. The zero-order chi connectivity index (χ0) is 9.14. The monoisotopic (exact) mass is 173 g/mol. The molecular weight excluding hydrogens is 162 g/mol. The SMILES string of the molecule is CNC(=O)[C@@H]1CC(O)NC(=O)N1. The molecule has 0 saturated carbocycles. The number of amides is 3. The van der Waals surface area contributed by atoms with Crippen LogP contribution in [-0.4, -0.2) is 36.4 Å². The average molecular weight is 173 g/mol. The van der Waals surface area contributed by atoms with Crippen molar-refractivity contribution in [2.75, 3.05) is 7.05 Å². The lowest BCUT2D eigenvalue weighted by Crippen LogP contribution is -2.58. The molecule has 0 aromatic heterocycles. The summed E-state index contributed by atoms with van der Waals surface area (Å²) in [6.07, 6.45) is -0.758. The van der Waals surface area contributed by atoms with Crippen LogP contribution in [0.25, 0.3) is 0 Å². The minimum atomic E-state index is -0.943. The average Bonchev–Trinajstić information content (AvgIpc) is 2.01. The fraction of sp³-hybridized carbons (Fsp3) is 0.667. The number of nitrogens with one attached hydrogen (secondary N) is 3. The Morgan fingerprint density at radius 1 is 1.67 bits per heavy atom. The molecule has 0 bridgehead atoms. The van der Waals surface area contributed by atoms with Crippen LogP contribution in [0.3, 0.4) is 0 Å². The molecule has 0 spiro atoms. The normalized spacial score (nSPS) is 28.7. The second-order valence-electron chi connectivity index (χ2n) is 2.54. The van der Waals surface area contributed by atoms with E-state index >= 15 is 0 Å². The first-order chi connectivity index (χ1) is 5.63. The molecule has 2 atom stereocenters. The summed E-state index contributed by atoms with van der Waals surface area (Å²) in [5, 5.41) is 16.0. The van der Waals surface area contributed by atoms with Gasteiger partial charge in [-0.1, -0.05) is 0 Å². The van der Waals surface area contributed by atoms with Crippen LogP contribution in [0.4, 0.5) is 4.79 Å². The molecular formula is C6H11N3O3. The highest BCUT2D eigenvalue weighted by atomic mass is 16.3. The van der Waals surface area contributed by atoms with E-state index < -0.39 is 18.3 Å². The van der Waals surface area contributed by atoms with E-state index in [1.807, 2.05) is 0 Å². The first-order valence-electron chi connectivity index (χ1n) is 3.60. The molecule has 1 heterocycles. The lowest BCUT2D eigenvalue weighted by atomic mass is 10.1. The van der Waals surface area contributed by atoms with E-state index in [1.54, 1.807) is 0 Å². The molecule has 1 aliphatic heterocycles. The highest BCUT2D eigenvalue weighted by Crippen LogP contribution is 2.01. The number of aliphatic hydroxyl groups excluding tert-OH is 1. The maximum Gasteiger partial charge on any atom is 0.317 e. The van der Waals surface area contributed by atoms with Gasteiger partial charge in [-0.25, -0.2) is 4.79 Å². The molecule has 68 valence electrons. The third kappa shape index (κ3) is 1.85. The topological polar surface area (TPSA) is 90.5 Å². The van der Waals surface area contributed by atoms with Crippen LogP contribution in [0.2, 0.25) is 0 Å². The van der Waals surface area contributed by atoms with Gasteiger partial charge >= 0.3 is 6.03 Å². The van der Waals surface area contributed by atoms with Gasteiger partial charge in [0.25, 0.3) is 0 Å². The van der Waals surface area contributed by atoms with Gasteiger partial charge in [0.1, 0.15) is 12.3 Å². The van der Waals surface area contributed by atoms with Crippen molar-refractivity contribution in [3.05, 3.63) is 0 Å².